The predicted octanol–water partition coefficient (Wildman–Crippen LogP) is 3.81. The zero-order valence-electron chi connectivity index (χ0n) is 8.34. The first-order valence-electron chi connectivity index (χ1n) is 4.42. The zero-order chi connectivity index (χ0) is 11.0. The smallest absolute Gasteiger partial charge is 0.145 e. The van der Waals surface area contributed by atoms with Crippen LogP contribution in [0.25, 0.3) is 10.9 Å². The van der Waals surface area contributed by atoms with Crippen molar-refractivity contribution in [2.24, 2.45) is 0 Å². The van der Waals surface area contributed by atoms with Gasteiger partial charge in [-0.3, -0.25) is 4.98 Å². The molecule has 2 rings (SSSR count). The van der Waals surface area contributed by atoms with Crippen LogP contribution in [0.4, 0.5) is 0 Å². The van der Waals surface area contributed by atoms with Crippen molar-refractivity contribution < 1.29 is 4.74 Å². The number of aryl methyl sites for hydroxylation is 1. The van der Waals surface area contributed by atoms with Gasteiger partial charge in [0.25, 0.3) is 0 Å². The van der Waals surface area contributed by atoms with Crippen LogP contribution in [0.15, 0.2) is 18.3 Å². The summed E-state index contributed by atoms with van der Waals surface area (Å²) in [5.41, 5.74) is 1.80. The van der Waals surface area contributed by atoms with E-state index in [4.69, 9.17) is 16.3 Å². The van der Waals surface area contributed by atoms with Gasteiger partial charge in [-0.1, -0.05) is 11.6 Å². The molecule has 78 valence electrons. The topological polar surface area (TPSA) is 22.1 Å². The van der Waals surface area contributed by atoms with Gasteiger partial charge in [0.15, 0.2) is 0 Å². The maximum atomic E-state index is 6.26. The lowest BCUT2D eigenvalue weighted by atomic mass is 10.1. The molecule has 15 heavy (non-hydrogen) atoms. The van der Waals surface area contributed by atoms with Gasteiger partial charge in [-0.25, -0.2) is 0 Å². The summed E-state index contributed by atoms with van der Waals surface area (Å²) in [6.45, 7) is 1.95. The number of rotatable bonds is 1. The van der Waals surface area contributed by atoms with Crippen molar-refractivity contribution in [1.82, 2.24) is 4.98 Å². The van der Waals surface area contributed by atoms with E-state index in [0.717, 1.165) is 30.8 Å². The summed E-state index contributed by atoms with van der Waals surface area (Å²) in [7, 11) is 1.64. The highest BCUT2D eigenvalue weighted by Crippen LogP contribution is 2.34. The quantitative estimate of drug-likeness (QED) is 0.740. The molecule has 0 N–H and O–H groups in total. The highest BCUT2D eigenvalue weighted by atomic mass is 127. The molecule has 1 aromatic carbocycles. The molecule has 1 heterocycles. The summed E-state index contributed by atoms with van der Waals surface area (Å²) in [5.74, 6) is 0.757. The Bertz CT molecular complexity index is 527. The first kappa shape index (κ1) is 11.0. The molecule has 0 spiro atoms. The largest absolute Gasteiger partial charge is 0.494 e. The van der Waals surface area contributed by atoms with Gasteiger partial charge in [0, 0.05) is 15.2 Å². The molecule has 0 saturated heterocycles. The van der Waals surface area contributed by atoms with Crippen LogP contribution >= 0.6 is 34.2 Å². The van der Waals surface area contributed by atoms with Crippen molar-refractivity contribution in [2.75, 3.05) is 7.11 Å². The summed E-state index contributed by atoms with van der Waals surface area (Å²) in [6, 6.07) is 3.89. The van der Waals surface area contributed by atoms with Gasteiger partial charge in [0.2, 0.25) is 0 Å². The first-order chi connectivity index (χ1) is 7.15. The summed E-state index contributed by atoms with van der Waals surface area (Å²) in [4.78, 5) is 4.36. The first-order valence-corrected chi connectivity index (χ1v) is 5.88. The Morgan fingerprint density at radius 3 is 2.80 bits per heavy atom. The molecular formula is C11H9ClINO. The maximum Gasteiger partial charge on any atom is 0.145 e. The summed E-state index contributed by atoms with van der Waals surface area (Å²) in [5, 5.41) is 1.72. The molecule has 0 aliphatic carbocycles. The van der Waals surface area contributed by atoms with Crippen LogP contribution in [0.2, 0.25) is 5.02 Å². The van der Waals surface area contributed by atoms with E-state index >= 15 is 0 Å². The van der Waals surface area contributed by atoms with Crippen molar-refractivity contribution in [3.63, 3.8) is 0 Å². The van der Waals surface area contributed by atoms with Crippen LogP contribution in [-0.4, -0.2) is 12.1 Å². The van der Waals surface area contributed by atoms with E-state index in [2.05, 4.69) is 27.6 Å². The molecule has 0 amide bonds. The molecule has 0 aliphatic rings. The summed E-state index contributed by atoms with van der Waals surface area (Å²) < 4.78 is 6.34. The number of hydrogen-bond donors (Lipinski definition) is 0. The van der Waals surface area contributed by atoms with Gasteiger partial charge < -0.3 is 4.74 Å². The third-order valence-electron chi connectivity index (χ3n) is 2.26. The number of halogens is 2. The Morgan fingerprint density at radius 2 is 2.13 bits per heavy atom. The molecule has 0 aliphatic heterocycles. The number of benzene rings is 1. The molecule has 0 saturated carbocycles. The Morgan fingerprint density at radius 1 is 1.40 bits per heavy atom. The number of ether oxygens (including phenoxy) is 1. The molecule has 0 atom stereocenters. The molecule has 0 bridgehead atoms. The molecule has 4 heteroatoms. The normalized spacial score (nSPS) is 10.7. The van der Waals surface area contributed by atoms with Gasteiger partial charge in [0.05, 0.1) is 12.1 Å². The fraction of sp³-hybridized carbons (Fsp3) is 0.182. The van der Waals surface area contributed by atoms with Crippen LogP contribution in [0, 0.1) is 10.5 Å². The van der Waals surface area contributed by atoms with Crippen LogP contribution in [0.5, 0.6) is 5.75 Å². The van der Waals surface area contributed by atoms with Gasteiger partial charge >= 0.3 is 0 Å². The minimum atomic E-state index is 0.753. The second-order valence-corrected chi connectivity index (χ2v) is 4.77. The number of aromatic nitrogens is 1. The monoisotopic (exact) mass is 333 g/mol. The lowest BCUT2D eigenvalue weighted by molar-refractivity contribution is 0.419. The third-order valence-corrected chi connectivity index (χ3v) is 3.65. The van der Waals surface area contributed by atoms with E-state index in [1.165, 1.54) is 0 Å². The van der Waals surface area contributed by atoms with Gasteiger partial charge in [0.1, 0.15) is 11.3 Å². The second kappa shape index (κ2) is 4.14. The van der Waals surface area contributed by atoms with Crippen molar-refractivity contribution in [1.29, 1.82) is 0 Å². The SMILES string of the molecule is COc1ccc(I)c2c(Cl)c(C)cnc12. The number of methoxy groups -OCH3 is 1. The lowest BCUT2D eigenvalue weighted by Gasteiger charge is -2.08. The number of hydrogen-bond acceptors (Lipinski definition) is 2. The van der Waals surface area contributed by atoms with Crippen molar-refractivity contribution >= 4 is 45.1 Å². The average Bonchev–Trinajstić information content (AvgIpc) is 2.24. The molecule has 1 aromatic heterocycles. The summed E-state index contributed by atoms with van der Waals surface area (Å²) in [6.07, 6.45) is 1.77. The molecule has 2 aromatic rings. The second-order valence-electron chi connectivity index (χ2n) is 3.23. The average molecular weight is 334 g/mol. The summed E-state index contributed by atoms with van der Waals surface area (Å²) >= 11 is 8.51. The molecule has 0 radical (unpaired) electrons. The maximum absolute atomic E-state index is 6.26. The van der Waals surface area contributed by atoms with E-state index in [-0.39, 0.29) is 0 Å². The van der Waals surface area contributed by atoms with Crippen LogP contribution in [0.1, 0.15) is 5.56 Å². The highest BCUT2D eigenvalue weighted by Gasteiger charge is 2.11. The fourth-order valence-electron chi connectivity index (χ4n) is 1.46. The van der Waals surface area contributed by atoms with Crippen LogP contribution < -0.4 is 4.74 Å². The van der Waals surface area contributed by atoms with Gasteiger partial charge in [-0.2, -0.15) is 0 Å². The minimum absolute atomic E-state index is 0.753. The zero-order valence-corrected chi connectivity index (χ0v) is 11.3. The Balaban J connectivity index is 2.93. The molecule has 2 nitrogen and oxygen atoms in total. The molecule has 0 fully saturated rings. The highest BCUT2D eigenvalue weighted by molar-refractivity contribution is 14.1. The van der Waals surface area contributed by atoms with Crippen molar-refractivity contribution in [3.8, 4) is 5.75 Å². The predicted molar refractivity (Wildman–Crippen MR) is 70.8 cm³/mol. The van der Waals surface area contributed by atoms with Gasteiger partial charge in [-0.05, 0) is 47.2 Å². The van der Waals surface area contributed by atoms with E-state index in [1.54, 1.807) is 13.3 Å². The number of nitrogens with zero attached hydrogens (tertiary/aromatic N) is 1. The van der Waals surface area contributed by atoms with E-state index in [1.807, 2.05) is 19.1 Å². The standard InChI is InChI=1S/C11H9ClINO/c1-6-5-14-11-8(15-2)4-3-7(13)9(11)10(6)12/h3-5H,1-2H3. The Labute approximate surface area is 107 Å². The van der Waals surface area contributed by atoms with Gasteiger partial charge in [-0.15, -0.1) is 0 Å². The van der Waals surface area contributed by atoms with E-state index in [9.17, 15) is 0 Å². The third kappa shape index (κ3) is 1.78. The van der Waals surface area contributed by atoms with Crippen LogP contribution in [-0.2, 0) is 0 Å². The number of pyridine rings is 1. The Hall–Kier alpha value is -0.550. The van der Waals surface area contributed by atoms with Crippen LogP contribution in [0.3, 0.4) is 0 Å². The van der Waals surface area contributed by atoms with Crippen molar-refractivity contribution in [3.05, 3.63) is 32.5 Å². The number of fused-ring (bicyclic) bond motifs is 1. The Kier molecular flexibility index (Phi) is 3.02. The lowest BCUT2D eigenvalue weighted by Crippen LogP contribution is -1.91. The fourth-order valence-corrected chi connectivity index (χ4v) is 2.57. The molecular weight excluding hydrogens is 324 g/mol. The van der Waals surface area contributed by atoms with Crippen molar-refractivity contribution in [2.45, 2.75) is 6.92 Å². The van der Waals surface area contributed by atoms with E-state index in [0.29, 0.717) is 0 Å². The minimum Gasteiger partial charge on any atom is -0.494 e. The van der Waals surface area contributed by atoms with E-state index < -0.39 is 0 Å². The molecule has 0 unspecified atom stereocenters.